The molecule has 1 unspecified atom stereocenters. The van der Waals surface area contributed by atoms with Crippen LogP contribution >= 0.6 is 0 Å². The molecule has 1 fully saturated rings. The Kier molecular flexibility index (Phi) is 5.84. The Balaban J connectivity index is 1.38. The van der Waals surface area contributed by atoms with Gasteiger partial charge in [0.25, 0.3) is 0 Å². The summed E-state index contributed by atoms with van der Waals surface area (Å²) in [5.74, 6) is 0. The molecule has 1 N–H and O–H groups in total. The highest BCUT2D eigenvalue weighted by atomic mass is 15.3. The Hall–Kier alpha value is -2.50. The van der Waals surface area contributed by atoms with Gasteiger partial charge in [0.15, 0.2) is 0 Å². The molecule has 2 aromatic heterocycles. The fourth-order valence-electron chi connectivity index (χ4n) is 4.04. The Labute approximate surface area is 167 Å². The van der Waals surface area contributed by atoms with Crippen LogP contribution in [0.2, 0.25) is 0 Å². The largest absolute Gasteiger partial charge is 0.383 e. The van der Waals surface area contributed by atoms with E-state index in [0.29, 0.717) is 6.04 Å². The van der Waals surface area contributed by atoms with E-state index in [9.17, 15) is 0 Å². The van der Waals surface area contributed by atoms with Crippen LogP contribution in [0.3, 0.4) is 0 Å². The predicted octanol–water partition coefficient (Wildman–Crippen LogP) is 3.73. The molecule has 1 saturated heterocycles. The zero-order valence-corrected chi connectivity index (χ0v) is 16.8. The molecule has 0 spiro atoms. The second kappa shape index (κ2) is 8.67. The van der Waals surface area contributed by atoms with Gasteiger partial charge in [0, 0.05) is 51.2 Å². The van der Waals surface area contributed by atoms with Crippen LogP contribution in [0, 0.1) is 6.92 Å². The van der Waals surface area contributed by atoms with Crippen molar-refractivity contribution in [3.63, 3.8) is 0 Å². The van der Waals surface area contributed by atoms with Crippen molar-refractivity contribution >= 4 is 16.7 Å². The molecule has 146 valence electrons. The Morgan fingerprint density at radius 1 is 1.00 bits per heavy atom. The summed E-state index contributed by atoms with van der Waals surface area (Å²) >= 11 is 0. The lowest BCUT2D eigenvalue weighted by molar-refractivity contribution is 0.0897. The van der Waals surface area contributed by atoms with Gasteiger partial charge in [-0.3, -0.25) is 14.9 Å². The summed E-state index contributed by atoms with van der Waals surface area (Å²) in [4.78, 5) is 14.1. The SMILES string of the molecule is Cc1ccnc2c(NCCCN3CCN(C)CC3c3ccccc3)ccnc12. The first-order chi connectivity index (χ1) is 13.7. The molecule has 1 atom stereocenters. The van der Waals surface area contributed by atoms with Gasteiger partial charge in [-0.15, -0.1) is 0 Å². The maximum Gasteiger partial charge on any atom is 0.112 e. The Bertz CT molecular complexity index is 911. The minimum Gasteiger partial charge on any atom is -0.383 e. The Morgan fingerprint density at radius 3 is 2.64 bits per heavy atom. The monoisotopic (exact) mass is 375 g/mol. The summed E-state index contributed by atoms with van der Waals surface area (Å²) in [5.41, 5.74) is 5.60. The molecule has 0 radical (unpaired) electrons. The smallest absolute Gasteiger partial charge is 0.112 e. The van der Waals surface area contributed by atoms with E-state index in [1.807, 2.05) is 24.5 Å². The second-order valence-corrected chi connectivity index (χ2v) is 7.69. The van der Waals surface area contributed by atoms with Crippen molar-refractivity contribution in [2.45, 2.75) is 19.4 Å². The average molecular weight is 376 g/mol. The minimum absolute atomic E-state index is 0.478. The van der Waals surface area contributed by atoms with E-state index in [2.05, 4.69) is 69.4 Å². The van der Waals surface area contributed by atoms with Gasteiger partial charge in [-0.1, -0.05) is 30.3 Å². The molecular formula is C23H29N5. The molecule has 0 saturated carbocycles. The van der Waals surface area contributed by atoms with Gasteiger partial charge in [0.1, 0.15) is 5.52 Å². The molecule has 3 heterocycles. The highest BCUT2D eigenvalue weighted by molar-refractivity contribution is 5.88. The topological polar surface area (TPSA) is 44.3 Å². The van der Waals surface area contributed by atoms with Gasteiger partial charge in [0.2, 0.25) is 0 Å². The van der Waals surface area contributed by atoms with Crippen molar-refractivity contribution in [1.82, 2.24) is 19.8 Å². The van der Waals surface area contributed by atoms with Crippen LogP contribution in [0.1, 0.15) is 23.6 Å². The lowest BCUT2D eigenvalue weighted by Gasteiger charge is -2.40. The summed E-state index contributed by atoms with van der Waals surface area (Å²) in [6.07, 6.45) is 4.83. The van der Waals surface area contributed by atoms with Gasteiger partial charge in [0.05, 0.1) is 11.2 Å². The fourth-order valence-corrected chi connectivity index (χ4v) is 4.04. The summed E-state index contributed by atoms with van der Waals surface area (Å²) in [6, 6.07) is 15.4. The second-order valence-electron chi connectivity index (χ2n) is 7.69. The van der Waals surface area contributed by atoms with Crippen molar-refractivity contribution in [3.05, 3.63) is 66.0 Å². The number of piperazine rings is 1. The fraction of sp³-hybridized carbons (Fsp3) is 0.391. The van der Waals surface area contributed by atoms with Crippen molar-refractivity contribution in [3.8, 4) is 0 Å². The number of hydrogen-bond acceptors (Lipinski definition) is 5. The number of likely N-dealkylation sites (N-methyl/N-ethyl adjacent to an activating group) is 1. The average Bonchev–Trinajstić information content (AvgIpc) is 2.73. The number of aromatic nitrogens is 2. The van der Waals surface area contributed by atoms with E-state index >= 15 is 0 Å². The zero-order valence-electron chi connectivity index (χ0n) is 16.8. The summed E-state index contributed by atoms with van der Waals surface area (Å²) in [5, 5.41) is 3.58. The number of aryl methyl sites for hydroxylation is 1. The summed E-state index contributed by atoms with van der Waals surface area (Å²) in [7, 11) is 2.22. The zero-order chi connectivity index (χ0) is 19.3. The molecule has 5 heteroatoms. The third-order valence-corrected chi connectivity index (χ3v) is 5.64. The van der Waals surface area contributed by atoms with Crippen molar-refractivity contribution in [2.75, 3.05) is 45.1 Å². The quantitative estimate of drug-likeness (QED) is 0.665. The van der Waals surface area contributed by atoms with E-state index in [4.69, 9.17) is 0 Å². The van der Waals surface area contributed by atoms with Gasteiger partial charge in [-0.25, -0.2) is 0 Å². The molecule has 4 rings (SSSR count). The molecule has 28 heavy (non-hydrogen) atoms. The molecule has 1 aromatic carbocycles. The van der Waals surface area contributed by atoms with Crippen LogP contribution in [0.25, 0.3) is 11.0 Å². The number of rotatable bonds is 6. The van der Waals surface area contributed by atoms with Crippen LogP contribution in [0.4, 0.5) is 5.69 Å². The summed E-state index contributed by atoms with van der Waals surface area (Å²) in [6.45, 7) is 7.45. The van der Waals surface area contributed by atoms with E-state index < -0.39 is 0 Å². The third-order valence-electron chi connectivity index (χ3n) is 5.64. The lowest BCUT2D eigenvalue weighted by atomic mass is 10.0. The van der Waals surface area contributed by atoms with E-state index in [-0.39, 0.29) is 0 Å². The number of pyridine rings is 2. The summed E-state index contributed by atoms with van der Waals surface area (Å²) < 4.78 is 0. The van der Waals surface area contributed by atoms with E-state index in [1.165, 1.54) is 5.56 Å². The normalized spacial score (nSPS) is 18.4. The number of fused-ring (bicyclic) bond motifs is 1. The van der Waals surface area contributed by atoms with Gasteiger partial charge in [-0.05, 0) is 43.7 Å². The van der Waals surface area contributed by atoms with Crippen LogP contribution in [-0.2, 0) is 0 Å². The van der Waals surface area contributed by atoms with Crippen LogP contribution in [-0.4, -0.2) is 59.5 Å². The van der Waals surface area contributed by atoms with E-state index in [1.54, 1.807) is 0 Å². The molecule has 0 bridgehead atoms. The van der Waals surface area contributed by atoms with Gasteiger partial charge >= 0.3 is 0 Å². The number of anilines is 1. The maximum absolute atomic E-state index is 4.53. The van der Waals surface area contributed by atoms with Crippen LogP contribution in [0.15, 0.2) is 54.9 Å². The van der Waals surface area contributed by atoms with Gasteiger partial charge < -0.3 is 10.2 Å². The predicted molar refractivity (Wildman–Crippen MR) is 116 cm³/mol. The molecule has 0 aliphatic carbocycles. The number of benzene rings is 1. The standard InChI is InChI=1S/C23H29N5/c1-18-9-12-26-23-20(10-13-25-22(18)23)24-11-6-14-28-16-15-27(2)17-21(28)19-7-4-3-5-8-19/h3-5,7-10,12-13,21H,6,11,14-17H2,1-2H3,(H,24,25). The Morgan fingerprint density at radius 2 is 1.79 bits per heavy atom. The van der Waals surface area contributed by atoms with Crippen molar-refractivity contribution in [1.29, 1.82) is 0 Å². The number of nitrogens with zero attached hydrogens (tertiary/aromatic N) is 4. The number of hydrogen-bond donors (Lipinski definition) is 1. The van der Waals surface area contributed by atoms with E-state index in [0.717, 1.165) is 61.4 Å². The molecule has 5 nitrogen and oxygen atoms in total. The lowest BCUT2D eigenvalue weighted by Crippen LogP contribution is -2.47. The third kappa shape index (κ3) is 4.16. The van der Waals surface area contributed by atoms with Crippen LogP contribution in [0.5, 0.6) is 0 Å². The number of nitrogens with one attached hydrogen (secondary N) is 1. The maximum atomic E-state index is 4.53. The first kappa shape index (κ1) is 18.8. The molecular weight excluding hydrogens is 346 g/mol. The molecule has 1 aliphatic rings. The van der Waals surface area contributed by atoms with Crippen molar-refractivity contribution < 1.29 is 0 Å². The first-order valence-corrected chi connectivity index (χ1v) is 10.1. The van der Waals surface area contributed by atoms with Crippen molar-refractivity contribution in [2.24, 2.45) is 0 Å². The molecule has 1 aliphatic heterocycles. The highest BCUT2D eigenvalue weighted by Crippen LogP contribution is 2.25. The molecule has 3 aromatic rings. The first-order valence-electron chi connectivity index (χ1n) is 10.1. The minimum atomic E-state index is 0.478. The highest BCUT2D eigenvalue weighted by Gasteiger charge is 2.25. The van der Waals surface area contributed by atoms with Gasteiger partial charge in [-0.2, -0.15) is 0 Å². The van der Waals surface area contributed by atoms with Crippen LogP contribution < -0.4 is 5.32 Å². The molecule has 0 amide bonds.